The Hall–Kier alpha value is -0.570. The van der Waals surface area contributed by atoms with Gasteiger partial charge < -0.3 is 10.2 Å². The lowest BCUT2D eigenvalue weighted by molar-refractivity contribution is -0.131. The second-order valence-electron chi connectivity index (χ2n) is 6.71. The van der Waals surface area contributed by atoms with Gasteiger partial charge in [-0.25, -0.2) is 0 Å². The number of hydrogen-bond donors (Lipinski definition) is 1. The maximum Gasteiger partial charge on any atom is 0.222 e. The lowest BCUT2D eigenvalue weighted by atomic mass is 9.86. The van der Waals surface area contributed by atoms with E-state index in [2.05, 4.69) is 5.32 Å². The highest BCUT2D eigenvalue weighted by atomic mass is 16.2. The van der Waals surface area contributed by atoms with Crippen LogP contribution in [0.1, 0.15) is 44.9 Å². The summed E-state index contributed by atoms with van der Waals surface area (Å²) in [5, 5.41) is 3.47. The molecule has 1 heterocycles. The van der Waals surface area contributed by atoms with Gasteiger partial charge >= 0.3 is 0 Å². The van der Waals surface area contributed by atoms with E-state index in [4.69, 9.17) is 0 Å². The molecular weight excluding hydrogens is 224 g/mol. The van der Waals surface area contributed by atoms with Crippen LogP contribution in [0.15, 0.2) is 0 Å². The minimum Gasteiger partial charge on any atom is -0.344 e. The van der Waals surface area contributed by atoms with Crippen LogP contribution in [-0.2, 0) is 4.79 Å². The van der Waals surface area contributed by atoms with Crippen molar-refractivity contribution in [2.75, 3.05) is 20.1 Å². The van der Waals surface area contributed by atoms with E-state index in [1.165, 1.54) is 38.5 Å². The second-order valence-corrected chi connectivity index (χ2v) is 6.71. The van der Waals surface area contributed by atoms with Crippen molar-refractivity contribution in [3.8, 4) is 0 Å². The summed E-state index contributed by atoms with van der Waals surface area (Å²) in [4.78, 5) is 14.2. The first-order valence-corrected chi connectivity index (χ1v) is 7.69. The van der Waals surface area contributed by atoms with E-state index in [0.717, 1.165) is 31.3 Å². The monoisotopic (exact) mass is 250 g/mol. The normalized spacial score (nSPS) is 38.3. The van der Waals surface area contributed by atoms with E-state index in [-0.39, 0.29) is 0 Å². The molecule has 3 aliphatic rings. The Labute approximate surface area is 110 Å². The minimum absolute atomic E-state index is 0.376. The van der Waals surface area contributed by atoms with Crippen molar-refractivity contribution in [1.82, 2.24) is 10.2 Å². The highest BCUT2D eigenvalue weighted by Crippen LogP contribution is 2.49. The number of amides is 1. The van der Waals surface area contributed by atoms with Gasteiger partial charge in [0.2, 0.25) is 5.91 Å². The van der Waals surface area contributed by atoms with Gasteiger partial charge in [-0.3, -0.25) is 4.79 Å². The van der Waals surface area contributed by atoms with Crippen LogP contribution in [-0.4, -0.2) is 37.0 Å². The zero-order valence-corrected chi connectivity index (χ0v) is 11.5. The van der Waals surface area contributed by atoms with Gasteiger partial charge in [-0.05, 0) is 56.4 Å². The minimum atomic E-state index is 0.376. The predicted molar refractivity (Wildman–Crippen MR) is 72.2 cm³/mol. The second kappa shape index (κ2) is 5.20. The van der Waals surface area contributed by atoms with Crippen LogP contribution in [0.2, 0.25) is 0 Å². The standard InChI is InChI=1S/C15H26N2O/c1-17(10-14-3-2-6-16-14)15(18)9-13-8-11-4-5-12(13)7-11/h11-14,16H,2-10H2,1H3. The molecule has 3 rings (SSSR count). The number of likely N-dealkylation sites (N-methyl/N-ethyl adjacent to an activating group) is 1. The van der Waals surface area contributed by atoms with E-state index in [1.54, 1.807) is 0 Å². The molecule has 1 amide bonds. The third kappa shape index (κ3) is 2.56. The summed E-state index contributed by atoms with van der Waals surface area (Å²) in [5.41, 5.74) is 0. The summed E-state index contributed by atoms with van der Waals surface area (Å²) in [6, 6.07) is 0.541. The molecule has 1 saturated heterocycles. The number of carbonyl (C=O) groups excluding carboxylic acids is 1. The highest BCUT2D eigenvalue weighted by molar-refractivity contribution is 5.76. The fourth-order valence-corrected chi connectivity index (χ4v) is 4.35. The van der Waals surface area contributed by atoms with Crippen molar-refractivity contribution < 1.29 is 4.79 Å². The fourth-order valence-electron chi connectivity index (χ4n) is 4.35. The van der Waals surface area contributed by atoms with Crippen molar-refractivity contribution in [1.29, 1.82) is 0 Å². The van der Waals surface area contributed by atoms with Crippen molar-refractivity contribution in [2.24, 2.45) is 17.8 Å². The number of nitrogens with zero attached hydrogens (tertiary/aromatic N) is 1. The summed E-state index contributed by atoms with van der Waals surface area (Å²) in [7, 11) is 1.98. The van der Waals surface area contributed by atoms with Gasteiger partial charge in [-0.1, -0.05) is 6.42 Å². The number of carbonyl (C=O) groups is 1. The lowest BCUT2D eigenvalue weighted by Crippen LogP contribution is -2.39. The predicted octanol–water partition coefficient (Wildman–Crippen LogP) is 2.02. The zero-order valence-electron chi connectivity index (χ0n) is 11.5. The van der Waals surface area contributed by atoms with E-state index in [9.17, 15) is 4.79 Å². The first-order valence-electron chi connectivity index (χ1n) is 7.69. The molecule has 0 aromatic carbocycles. The van der Waals surface area contributed by atoms with Crippen LogP contribution in [0, 0.1) is 17.8 Å². The molecule has 18 heavy (non-hydrogen) atoms. The Bertz CT molecular complexity index is 312. The largest absolute Gasteiger partial charge is 0.344 e. The van der Waals surface area contributed by atoms with Crippen LogP contribution in [0.25, 0.3) is 0 Å². The Morgan fingerprint density at radius 2 is 2.17 bits per heavy atom. The average molecular weight is 250 g/mol. The molecule has 0 radical (unpaired) electrons. The van der Waals surface area contributed by atoms with E-state index >= 15 is 0 Å². The third-order valence-electron chi connectivity index (χ3n) is 5.40. The van der Waals surface area contributed by atoms with E-state index in [1.807, 2.05) is 11.9 Å². The van der Waals surface area contributed by atoms with Crippen LogP contribution in [0.3, 0.4) is 0 Å². The van der Waals surface area contributed by atoms with E-state index in [0.29, 0.717) is 17.9 Å². The summed E-state index contributed by atoms with van der Waals surface area (Å²) >= 11 is 0. The zero-order chi connectivity index (χ0) is 12.5. The Kier molecular flexibility index (Phi) is 3.60. The van der Waals surface area contributed by atoms with Crippen LogP contribution in [0.4, 0.5) is 0 Å². The molecule has 3 heteroatoms. The quantitative estimate of drug-likeness (QED) is 0.828. The van der Waals surface area contributed by atoms with Crippen LogP contribution in [0.5, 0.6) is 0 Å². The summed E-state index contributed by atoms with van der Waals surface area (Å²) in [6.07, 6.45) is 8.85. The van der Waals surface area contributed by atoms with Gasteiger partial charge in [0.05, 0.1) is 0 Å². The SMILES string of the molecule is CN(CC1CCCN1)C(=O)CC1CC2CCC1C2. The maximum atomic E-state index is 12.3. The molecule has 3 nitrogen and oxygen atoms in total. The van der Waals surface area contributed by atoms with Gasteiger partial charge in [0.25, 0.3) is 0 Å². The Morgan fingerprint density at radius 3 is 2.78 bits per heavy atom. The topological polar surface area (TPSA) is 32.3 Å². The summed E-state index contributed by atoms with van der Waals surface area (Å²) in [6.45, 7) is 2.03. The molecule has 0 aromatic heterocycles. The average Bonchev–Trinajstić information content (AvgIpc) is 3.04. The lowest BCUT2D eigenvalue weighted by Gasteiger charge is -2.26. The maximum absolute atomic E-state index is 12.3. The number of fused-ring (bicyclic) bond motifs is 2. The molecule has 102 valence electrons. The first-order chi connectivity index (χ1) is 8.72. The molecule has 2 bridgehead atoms. The van der Waals surface area contributed by atoms with Crippen molar-refractivity contribution in [3.63, 3.8) is 0 Å². The molecule has 2 saturated carbocycles. The molecule has 4 atom stereocenters. The van der Waals surface area contributed by atoms with Crippen molar-refractivity contribution in [2.45, 2.75) is 51.0 Å². The number of nitrogens with one attached hydrogen (secondary N) is 1. The van der Waals surface area contributed by atoms with Crippen molar-refractivity contribution >= 4 is 5.91 Å². The summed E-state index contributed by atoms with van der Waals surface area (Å²) in [5.74, 6) is 2.91. The first kappa shape index (κ1) is 12.5. The van der Waals surface area contributed by atoms with Gasteiger partial charge in [-0.15, -0.1) is 0 Å². The third-order valence-corrected chi connectivity index (χ3v) is 5.40. The van der Waals surface area contributed by atoms with Crippen LogP contribution < -0.4 is 5.32 Å². The number of rotatable bonds is 4. The number of hydrogen-bond acceptors (Lipinski definition) is 2. The molecule has 3 fully saturated rings. The van der Waals surface area contributed by atoms with Crippen molar-refractivity contribution in [3.05, 3.63) is 0 Å². The van der Waals surface area contributed by atoms with Gasteiger partial charge in [-0.2, -0.15) is 0 Å². The van der Waals surface area contributed by atoms with Gasteiger partial charge in [0, 0.05) is 26.1 Å². The summed E-state index contributed by atoms with van der Waals surface area (Å²) < 4.78 is 0. The fraction of sp³-hybridized carbons (Fsp3) is 0.933. The molecule has 4 unspecified atom stereocenters. The molecule has 0 aromatic rings. The highest BCUT2D eigenvalue weighted by Gasteiger charge is 2.40. The Morgan fingerprint density at radius 1 is 1.28 bits per heavy atom. The van der Waals surface area contributed by atoms with Crippen LogP contribution >= 0.6 is 0 Å². The molecule has 0 spiro atoms. The van der Waals surface area contributed by atoms with Gasteiger partial charge in [0.15, 0.2) is 0 Å². The molecule has 1 N–H and O–H groups in total. The molecular formula is C15H26N2O. The van der Waals surface area contributed by atoms with E-state index < -0.39 is 0 Å². The smallest absolute Gasteiger partial charge is 0.222 e. The van der Waals surface area contributed by atoms with Gasteiger partial charge in [0.1, 0.15) is 0 Å². The molecule has 1 aliphatic heterocycles. The molecule has 2 aliphatic carbocycles. The Balaban J connectivity index is 1.45.